The van der Waals surface area contributed by atoms with E-state index in [-0.39, 0.29) is 30.9 Å². The summed E-state index contributed by atoms with van der Waals surface area (Å²) in [7, 11) is 2.19. The Bertz CT molecular complexity index is 1340. The molecule has 4 heterocycles. The number of carbonyl (C=O) groups is 3. The summed E-state index contributed by atoms with van der Waals surface area (Å²) in [6, 6.07) is 14.3. The van der Waals surface area contributed by atoms with Gasteiger partial charge in [-0.25, -0.2) is 9.59 Å². The maximum atomic E-state index is 13.9. The number of rotatable bonds is 7. The monoisotopic (exact) mass is 617 g/mol. The molecule has 10 nitrogen and oxygen atoms in total. The Hall–Kier alpha value is -3.63. The van der Waals surface area contributed by atoms with Gasteiger partial charge in [-0.15, -0.1) is 0 Å². The van der Waals surface area contributed by atoms with E-state index < -0.39 is 11.8 Å². The Kier molecular flexibility index (Phi) is 9.61. The van der Waals surface area contributed by atoms with Crippen LogP contribution in [0.3, 0.4) is 0 Å². The normalized spacial score (nSPS) is 25.7. The van der Waals surface area contributed by atoms with E-state index in [9.17, 15) is 19.5 Å². The van der Waals surface area contributed by atoms with Crippen LogP contribution >= 0.6 is 0 Å². The van der Waals surface area contributed by atoms with Crippen LogP contribution in [-0.2, 0) is 22.6 Å². The number of urea groups is 1. The molecule has 4 aliphatic rings. The Labute approximate surface area is 266 Å². The molecular formula is C35H47N5O5. The molecule has 3 fully saturated rings. The number of hydrogen-bond acceptors (Lipinski definition) is 7. The zero-order valence-corrected chi connectivity index (χ0v) is 26.4. The minimum Gasteiger partial charge on any atom is -0.508 e. The number of ether oxygens (including phenoxy) is 1. The van der Waals surface area contributed by atoms with Gasteiger partial charge >= 0.3 is 12.1 Å². The number of amides is 3. The van der Waals surface area contributed by atoms with Gasteiger partial charge in [0.1, 0.15) is 24.3 Å². The van der Waals surface area contributed by atoms with Crippen LogP contribution in [0.5, 0.6) is 5.75 Å². The summed E-state index contributed by atoms with van der Waals surface area (Å²) < 4.78 is 5.86. The van der Waals surface area contributed by atoms with Crippen molar-refractivity contribution in [1.82, 2.24) is 19.6 Å². The van der Waals surface area contributed by atoms with Gasteiger partial charge < -0.3 is 29.8 Å². The predicted molar refractivity (Wildman–Crippen MR) is 172 cm³/mol. The number of anilines is 1. The molecule has 2 aromatic carbocycles. The van der Waals surface area contributed by atoms with E-state index in [0.717, 1.165) is 74.5 Å². The molecule has 0 radical (unpaired) electrons. The van der Waals surface area contributed by atoms with Crippen molar-refractivity contribution in [2.75, 3.05) is 51.6 Å². The molecule has 4 aliphatic heterocycles. The molecule has 6 rings (SSSR count). The minimum absolute atomic E-state index is 0.0706. The molecule has 0 unspecified atom stereocenters. The number of benzene rings is 2. The lowest BCUT2D eigenvalue weighted by atomic mass is 9.77. The summed E-state index contributed by atoms with van der Waals surface area (Å²) in [5.74, 6) is 1.52. The maximum absolute atomic E-state index is 13.9. The lowest BCUT2D eigenvalue weighted by Crippen LogP contribution is -2.69. The van der Waals surface area contributed by atoms with Crippen molar-refractivity contribution in [2.45, 2.75) is 69.7 Å². The first-order chi connectivity index (χ1) is 21.9. The molecule has 2 N–H and O–H groups in total. The highest BCUT2D eigenvalue weighted by molar-refractivity contribution is 5.91. The second-order valence-electron chi connectivity index (χ2n) is 13.4. The molecule has 0 aromatic heterocycles. The third-order valence-electron chi connectivity index (χ3n) is 10.8. The van der Waals surface area contributed by atoms with E-state index in [2.05, 4.69) is 28.2 Å². The second-order valence-corrected chi connectivity index (χ2v) is 13.4. The van der Waals surface area contributed by atoms with Crippen LogP contribution in [0.4, 0.5) is 15.3 Å². The molecular weight excluding hydrogens is 570 g/mol. The summed E-state index contributed by atoms with van der Waals surface area (Å²) in [4.78, 5) is 48.4. The Morgan fingerprint density at radius 2 is 1.64 bits per heavy atom. The van der Waals surface area contributed by atoms with Crippen LogP contribution in [0.2, 0.25) is 0 Å². The van der Waals surface area contributed by atoms with Crippen molar-refractivity contribution in [3.63, 3.8) is 0 Å². The van der Waals surface area contributed by atoms with Crippen molar-refractivity contribution in [1.29, 1.82) is 0 Å². The van der Waals surface area contributed by atoms with E-state index in [0.29, 0.717) is 31.8 Å². The topological polar surface area (TPSA) is 106 Å². The zero-order chi connectivity index (χ0) is 31.4. The molecule has 3 saturated heterocycles. The van der Waals surface area contributed by atoms with Crippen molar-refractivity contribution in [2.24, 2.45) is 11.8 Å². The Morgan fingerprint density at radius 1 is 0.956 bits per heavy atom. The van der Waals surface area contributed by atoms with Crippen LogP contribution in [0.15, 0.2) is 48.5 Å². The highest BCUT2D eigenvalue weighted by Crippen LogP contribution is 2.42. The van der Waals surface area contributed by atoms with Crippen LogP contribution in [0, 0.1) is 11.8 Å². The lowest BCUT2D eigenvalue weighted by molar-refractivity contribution is -0.129. The summed E-state index contributed by atoms with van der Waals surface area (Å²) in [6.07, 6.45) is 7.01. The number of phenols is 1. The SMILES string of the molecule is CN1CCC(C2CCN([C@]3(CC=O)C[C@H](N4CCc5ccccc5NC4=O)CCN3C(=O)OCc3ccc(O)cc3)CC2)CC1. The fraction of sp³-hybridized carbons (Fsp3) is 0.571. The number of aldehydes is 1. The first-order valence-electron chi connectivity index (χ1n) is 16.6. The Morgan fingerprint density at radius 3 is 2.36 bits per heavy atom. The summed E-state index contributed by atoms with van der Waals surface area (Å²) >= 11 is 0. The van der Waals surface area contributed by atoms with Gasteiger partial charge in [0.25, 0.3) is 0 Å². The number of nitrogens with zero attached hydrogens (tertiary/aromatic N) is 4. The summed E-state index contributed by atoms with van der Waals surface area (Å²) in [5, 5.41) is 12.8. The number of phenolic OH excluding ortho intramolecular Hbond substituents is 1. The largest absolute Gasteiger partial charge is 0.508 e. The molecule has 2 aromatic rings. The van der Waals surface area contributed by atoms with E-state index in [1.165, 1.54) is 12.8 Å². The number of likely N-dealkylation sites (tertiary alicyclic amines) is 3. The van der Waals surface area contributed by atoms with Crippen molar-refractivity contribution < 1.29 is 24.2 Å². The van der Waals surface area contributed by atoms with Crippen molar-refractivity contribution in [3.8, 4) is 5.75 Å². The van der Waals surface area contributed by atoms with Gasteiger partial charge in [-0.3, -0.25) is 9.80 Å². The molecule has 45 heavy (non-hydrogen) atoms. The first kappa shape index (κ1) is 31.4. The molecule has 10 heteroatoms. The van der Waals surface area contributed by atoms with Gasteiger partial charge in [0.05, 0.1) is 0 Å². The molecule has 3 amide bonds. The minimum atomic E-state index is -0.881. The van der Waals surface area contributed by atoms with Crippen LogP contribution < -0.4 is 5.32 Å². The third-order valence-corrected chi connectivity index (χ3v) is 10.8. The van der Waals surface area contributed by atoms with Gasteiger partial charge in [0.2, 0.25) is 0 Å². The number of aromatic hydroxyl groups is 1. The van der Waals surface area contributed by atoms with E-state index >= 15 is 0 Å². The van der Waals surface area contributed by atoms with Gasteiger partial charge in [-0.05, 0) is 99.8 Å². The third kappa shape index (κ3) is 6.82. The van der Waals surface area contributed by atoms with E-state index in [4.69, 9.17) is 4.74 Å². The zero-order valence-electron chi connectivity index (χ0n) is 26.4. The van der Waals surface area contributed by atoms with E-state index in [1.54, 1.807) is 29.2 Å². The molecule has 0 spiro atoms. The summed E-state index contributed by atoms with van der Waals surface area (Å²) in [6.45, 7) is 4.93. The van der Waals surface area contributed by atoms with Gasteiger partial charge in [-0.1, -0.05) is 30.3 Å². The first-order valence-corrected chi connectivity index (χ1v) is 16.6. The second kappa shape index (κ2) is 13.8. The van der Waals surface area contributed by atoms with Gasteiger partial charge in [-0.2, -0.15) is 0 Å². The van der Waals surface area contributed by atoms with Crippen LogP contribution in [-0.4, -0.2) is 101 Å². The summed E-state index contributed by atoms with van der Waals surface area (Å²) in [5.41, 5.74) is 1.85. The number of piperidine rings is 3. The fourth-order valence-corrected chi connectivity index (χ4v) is 8.20. The van der Waals surface area contributed by atoms with Crippen LogP contribution in [0.1, 0.15) is 56.1 Å². The molecule has 2 atom stereocenters. The average molecular weight is 618 g/mol. The standard InChI is InChI=1S/C35H47N5O5/c1-37-17-10-27(11-18-37)28-12-19-38(20-13-28)35(16-23-41)24-30(39-21-14-29-4-2-3-5-32(29)36-33(39)43)15-22-40(35)34(44)45-25-26-6-8-31(42)9-7-26/h2-9,23,27-28,30,42H,10-22,24-25H2,1H3,(H,36,43)/t30-,35+/m1/s1. The number of hydrogen-bond donors (Lipinski definition) is 2. The number of para-hydroxylation sites is 1. The number of carbonyl (C=O) groups excluding carboxylic acids is 3. The van der Waals surface area contributed by atoms with E-state index in [1.807, 2.05) is 23.1 Å². The number of nitrogens with one attached hydrogen (secondary N) is 1. The molecule has 0 bridgehead atoms. The fourth-order valence-electron chi connectivity index (χ4n) is 8.20. The highest BCUT2D eigenvalue weighted by atomic mass is 16.6. The highest BCUT2D eigenvalue weighted by Gasteiger charge is 2.52. The van der Waals surface area contributed by atoms with Crippen molar-refractivity contribution >= 4 is 24.1 Å². The smallest absolute Gasteiger partial charge is 0.411 e. The van der Waals surface area contributed by atoms with Crippen molar-refractivity contribution in [3.05, 3.63) is 59.7 Å². The lowest BCUT2D eigenvalue weighted by Gasteiger charge is -2.57. The van der Waals surface area contributed by atoms with Crippen LogP contribution in [0.25, 0.3) is 0 Å². The molecule has 0 aliphatic carbocycles. The molecule has 242 valence electrons. The maximum Gasteiger partial charge on any atom is 0.411 e. The van der Waals surface area contributed by atoms with Gasteiger partial charge in [0.15, 0.2) is 0 Å². The van der Waals surface area contributed by atoms with Gasteiger partial charge in [0, 0.05) is 50.7 Å². The number of fused-ring (bicyclic) bond motifs is 1. The quantitative estimate of drug-likeness (QED) is 0.425. The molecule has 0 saturated carbocycles. The predicted octanol–water partition coefficient (Wildman–Crippen LogP) is 4.92. The average Bonchev–Trinajstić information content (AvgIpc) is 3.23. The Balaban J connectivity index is 1.23.